The zero-order chi connectivity index (χ0) is 15.7. The molecule has 3 rings (SSSR count). The Balaban J connectivity index is 1.94. The van der Waals surface area contributed by atoms with Gasteiger partial charge in [-0.2, -0.15) is 0 Å². The molecule has 0 bridgehead atoms. The molecule has 0 fully saturated rings. The third-order valence-corrected chi connectivity index (χ3v) is 5.78. The predicted molar refractivity (Wildman–Crippen MR) is 90.7 cm³/mol. The van der Waals surface area contributed by atoms with Crippen LogP contribution < -0.4 is 5.56 Å². The van der Waals surface area contributed by atoms with Gasteiger partial charge in [-0.25, -0.2) is 4.98 Å². The molecule has 0 aromatic carbocycles. The number of aromatic nitrogens is 2. The lowest BCUT2D eigenvalue weighted by Crippen LogP contribution is -2.19. The number of fused-ring (bicyclic) bond motifs is 3. The molecule has 0 aliphatic heterocycles. The lowest BCUT2D eigenvalue weighted by Gasteiger charge is -2.20. The van der Waals surface area contributed by atoms with Gasteiger partial charge >= 0.3 is 0 Å². The number of aliphatic hydroxyl groups is 1. The third-order valence-electron chi connectivity index (χ3n) is 4.59. The van der Waals surface area contributed by atoms with E-state index in [0.29, 0.717) is 6.42 Å². The number of nitrogens with one attached hydrogen (secondary N) is 1. The molecule has 0 atom stereocenters. The van der Waals surface area contributed by atoms with Gasteiger partial charge in [-0.15, -0.1) is 11.3 Å². The van der Waals surface area contributed by atoms with Crippen LogP contribution in [-0.2, 0) is 19.3 Å². The number of thiophene rings is 1. The van der Waals surface area contributed by atoms with Crippen molar-refractivity contribution < 1.29 is 5.11 Å². The fourth-order valence-electron chi connectivity index (χ4n) is 3.04. The number of nitrogens with zero attached hydrogens (tertiary/aromatic N) is 1. The van der Waals surface area contributed by atoms with Gasteiger partial charge in [-0.1, -0.05) is 20.3 Å². The molecular weight excluding hydrogens is 296 g/mol. The number of aliphatic hydroxyl groups excluding tert-OH is 1. The summed E-state index contributed by atoms with van der Waals surface area (Å²) in [6.45, 7) is 4.20. The Hall–Kier alpha value is -1.20. The molecule has 0 radical (unpaired) electrons. The standard InChI is InChI=1S/C17H24N2O2S/c1-17(2,10-20)9-8-13-18-15(21)14-11-6-4-3-5-7-12(11)22-16(14)19-13/h20H,3-10H2,1-2H3,(H,18,19,21). The quantitative estimate of drug-likeness (QED) is 0.850. The molecular formula is C17H24N2O2S. The number of aryl methyl sites for hydroxylation is 3. The monoisotopic (exact) mass is 320 g/mol. The first-order valence-corrected chi connectivity index (χ1v) is 8.96. The maximum atomic E-state index is 12.5. The van der Waals surface area contributed by atoms with Crippen LogP contribution in [0, 0.1) is 5.41 Å². The van der Waals surface area contributed by atoms with E-state index in [-0.39, 0.29) is 17.6 Å². The summed E-state index contributed by atoms with van der Waals surface area (Å²) < 4.78 is 0. The molecule has 4 nitrogen and oxygen atoms in total. The van der Waals surface area contributed by atoms with Gasteiger partial charge < -0.3 is 10.1 Å². The molecule has 120 valence electrons. The van der Waals surface area contributed by atoms with E-state index in [2.05, 4.69) is 4.98 Å². The van der Waals surface area contributed by atoms with Crippen LogP contribution in [-0.4, -0.2) is 21.7 Å². The van der Waals surface area contributed by atoms with E-state index in [1.807, 2.05) is 13.8 Å². The SMILES string of the molecule is CC(C)(CO)CCc1nc2sc3c(c2c(=O)[nH]1)CCCCC3. The number of aromatic amines is 1. The van der Waals surface area contributed by atoms with Crippen molar-refractivity contribution in [1.82, 2.24) is 9.97 Å². The summed E-state index contributed by atoms with van der Waals surface area (Å²) in [6.07, 6.45) is 7.24. The van der Waals surface area contributed by atoms with Gasteiger partial charge in [0.2, 0.25) is 0 Å². The Morgan fingerprint density at radius 1 is 1.27 bits per heavy atom. The Morgan fingerprint density at radius 3 is 2.82 bits per heavy atom. The van der Waals surface area contributed by atoms with Crippen molar-refractivity contribution >= 4 is 21.6 Å². The lowest BCUT2D eigenvalue weighted by atomic mass is 9.89. The van der Waals surface area contributed by atoms with Crippen molar-refractivity contribution in [1.29, 1.82) is 0 Å². The topological polar surface area (TPSA) is 66.0 Å². The van der Waals surface area contributed by atoms with Crippen LogP contribution >= 0.6 is 11.3 Å². The second kappa shape index (κ2) is 6.13. The van der Waals surface area contributed by atoms with E-state index in [4.69, 9.17) is 4.98 Å². The van der Waals surface area contributed by atoms with Crippen LogP contribution in [0.1, 0.15) is 55.8 Å². The average Bonchev–Trinajstić information content (AvgIpc) is 2.68. The van der Waals surface area contributed by atoms with E-state index >= 15 is 0 Å². The van der Waals surface area contributed by atoms with E-state index in [1.165, 1.54) is 29.7 Å². The zero-order valence-corrected chi connectivity index (χ0v) is 14.2. The van der Waals surface area contributed by atoms with Crippen LogP contribution in [0.25, 0.3) is 10.2 Å². The van der Waals surface area contributed by atoms with Crippen molar-refractivity contribution in [3.8, 4) is 0 Å². The number of rotatable bonds is 4. The summed E-state index contributed by atoms with van der Waals surface area (Å²) in [5.41, 5.74) is 1.12. The summed E-state index contributed by atoms with van der Waals surface area (Å²) in [4.78, 5) is 22.4. The van der Waals surface area contributed by atoms with E-state index in [1.54, 1.807) is 11.3 Å². The number of hydrogen-bond acceptors (Lipinski definition) is 4. The molecule has 0 saturated carbocycles. The maximum absolute atomic E-state index is 12.5. The first-order valence-electron chi connectivity index (χ1n) is 8.14. The van der Waals surface area contributed by atoms with E-state index in [9.17, 15) is 9.90 Å². The van der Waals surface area contributed by atoms with Gasteiger partial charge in [0.1, 0.15) is 10.7 Å². The maximum Gasteiger partial charge on any atom is 0.259 e. The highest BCUT2D eigenvalue weighted by Crippen LogP contribution is 2.33. The molecule has 2 N–H and O–H groups in total. The van der Waals surface area contributed by atoms with Gasteiger partial charge in [-0.05, 0) is 43.1 Å². The molecule has 5 heteroatoms. The highest BCUT2D eigenvalue weighted by Gasteiger charge is 2.20. The van der Waals surface area contributed by atoms with Crippen LogP contribution in [0.2, 0.25) is 0 Å². The van der Waals surface area contributed by atoms with Gasteiger partial charge in [0.15, 0.2) is 0 Å². The molecule has 0 saturated heterocycles. The van der Waals surface area contributed by atoms with E-state index in [0.717, 1.165) is 35.3 Å². The lowest BCUT2D eigenvalue weighted by molar-refractivity contribution is 0.150. The minimum absolute atomic E-state index is 0.0150. The van der Waals surface area contributed by atoms with Crippen molar-refractivity contribution in [2.24, 2.45) is 5.41 Å². The van der Waals surface area contributed by atoms with E-state index < -0.39 is 0 Å². The molecule has 0 amide bonds. The minimum atomic E-state index is -0.139. The van der Waals surface area contributed by atoms with Crippen LogP contribution in [0.5, 0.6) is 0 Å². The molecule has 2 aromatic heterocycles. The van der Waals surface area contributed by atoms with Crippen LogP contribution in [0.15, 0.2) is 4.79 Å². The fraction of sp³-hybridized carbons (Fsp3) is 0.647. The largest absolute Gasteiger partial charge is 0.396 e. The average molecular weight is 320 g/mol. The normalized spacial score (nSPS) is 15.8. The molecule has 1 aliphatic carbocycles. The molecule has 2 aromatic rings. The summed E-state index contributed by atoms with van der Waals surface area (Å²) in [5.74, 6) is 0.746. The fourth-order valence-corrected chi connectivity index (χ4v) is 4.32. The Labute approximate surface area is 134 Å². The predicted octanol–water partition coefficient (Wildman–Crippen LogP) is 3.20. The molecule has 1 aliphatic rings. The van der Waals surface area contributed by atoms with Crippen molar-refractivity contribution in [2.75, 3.05) is 6.61 Å². The smallest absolute Gasteiger partial charge is 0.259 e. The second-order valence-corrected chi connectivity index (χ2v) is 8.16. The molecule has 0 spiro atoms. The number of hydrogen-bond donors (Lipinski definition) is 2. The zero-order valence-electron chi connectivity index (χ0n) is 13.4. The summed E-state index contributed by atoms with van der Waals surface area (Å²) in [5, 5.41) is 10.2. The number of H-pyrrole nitrogens is 1. The first kappa shape index (κ1) is 15.7. The highest BCUT2D eigenvalue weighted by molar-refractivity contribution is 7.18. The molecule has 22 heavy (non-hydrogen) atoms. The van der Waals surface area contributed by atoms with Gasteiger partial charge in [0, 0.05) is 17.9 Å². The molecule has 0 unspecified atom stereocenters. The Bertz CT molecular complexity index is 730. The summed E-state index contributed by atoms with van der Waals surface area (Å²) >= 11 is 1.70. The Morgan fingerprint density at radius 2 is 2.05 bits per heavy atom. The molecule has 2 heterocycles. The summed E-state index contributed by atoms with van der Waals surface area (Å²) in [7, 11) is 0. The minimum Gasteiger partial charge on any atom is -0.396 e. The van der Waals surface area contributed by atoms with Gasteiger partial charge in [0.05, 0.1) is 5.39 Å². The summed E-state index contributed by atoms with van der Waals surface area (Å²) in [6, 6.07) is 0. The van der Waals surface area contributed by atoms with Crippen molar-refractivity contribution in [3.63, 3.8) is 0 Å². The first-order chi connectivity index (χ1) is 10.5. The van der Waals surface area contributed by atoms with Gasteiger partial charge in [-0.3, -0.25) is 4.79 Å². The Kier molecular flexibility index (Phi) is 4.37. The second-order valence-electron chi connectivity index (χ2n) is 7.08. The van der Waals surface area contributed by atoms with Crippen LogP contribution in [0.3, 0.4) is 0 Å². The third kappa shape index (κ3) is 3.10. The van der Waals surface area contributed by atoms with Crippen molar-refractivity contribution in [3.05, 3.63) is 26.6 Å². The van der Waals surface area contributed by atoms with Gasteiger partial charge in [0.25, 0.3) is 5.56 Å². The highest BCUT2D eigenvalue weighted by atomic mass is 32.1. The van der Waals surface area contributed by atoms with Crippen LogP contribution in [0.4, 0.5) is 0 Å². The van der Waals surface area contributed by atoms with Crippen molar-refractivity contribution in [2.45, 2.75) is 58.8 Å².